The minimum absolute atomic E-state index is 0.0132. The fourth-order valence-electron chi connectivity index (χ4n) is 3.23. The molecule has 1 aromatic heterocycles. The summed E-state index contributed by atoms with van der Waals surface area (Å²) in [6, 6.07) is 12.3. The van der Waals surface area contributed by atoms with E-state index >= 15 is 0 Å². The summed E-state index contributed by atoms with van der Waals surface area (Å²) in [5.41, 5.74) is 3.09. The molecule has 132 valence electrons. The van der Waals surface area contributed by atoms with Crippen molar-refractivity contribution in [1.29, 1.82) is 0 Å². The summed E-state index contributed by atoms with van der Waals surface area (Å²) in [4.78, 5) is 11.0. The monoisotopic (exact) mass is 414 g/mol. The average Bonchev–Trinajstić information content (AvgIpc) is 3.24. The number of nitro benzene ring substituents is 1. The smallest absolute Gasteiger partial charge is 0.294 e. The number of para-hydroxylation sites is 2. The topological polar surface area (TPSA) is 82.2 Å². The maximum absolute atomic E-state index is 11.4. The van der Waals surface area contributed by atoms with E-state index in [0.717, 1.165) is 40.1 Å². The molecule has 3 aromatic rings. The Morgan fingerprint density at radius 2 is 2.12 bits per heavy atom. The molecular weight excluding hydrogens is 400 g/mol. The lowest BCUT2D eigenvalue weighted by Crippen LogP contribution is -2.06. The normalized spacial score (nSPS) is 12.5. The number of methoxy groups -OCH3 is 1. The van der Waals surface area contributed by atoms with Gasteiger partial charge in [-0.2, -0.15) is 5.10 Å². The van der Waals surface area contributed by atoms with Crippen molar-refractivity contribution in [2.24, 2.45) is 0 Å². The molecule has 8 heteroatoms. The van der Waals surface area contributed by atoms with Crippen molar-refractivity contribution < 1.29 is 9.66 Å². The Hall–Kier alpha value is -2.87. The van der Waals surface area contributed by atoms with E-state index in [-0.39, 0.29) is 5.69 Å². The number of hydrogen-bond donors (Lipinski definition) is 1. The number of nitro groups is 1. The highest BCUT2D eigenvalue weighted by molar-refractivity contribution is 9.10. The molecule has 0 bridgehead atoms. The zero-order valence-electron chi connectivity index (χ0n) is 13.9. The lowest BCUT2D eigenvalue weighted by Gasteiger charge is -2.08. The van der Waals surface area contributed by atoms with Gasteiger partial charge in [0.1, 0.15) is 22.9 Å². The number of anilines is 1. The summed E-state index contributed by atoms with van der Waals surface area (Å²) in [5, 5.41) is 19.4. The third-order valence-corrected chi connectivity index (χ3v) is 4.87. The average molecular weight is 415 g/mol. The van der Waals surface area contributed by atoms with Crippen LogP contribution in [-0.2, 0) is 6.42 Å². The van der Waals surface area contributed by atoms with Crippen molar-refractivity contribution in [3.8, 4) is 22.7 Å². The molecule has 2 heterocycles. The Kier molecular flexibility index (Phi) is 4.12. The van der Waals surface area contributed by atoms with Crippen LogP contribution in [-0.4, -0.2) is 28.4 Å². The van der Waals surface area contributed by atoms with Gasteiger partial charge in [-0.1, -0.05) is 28.1 Å². The van der Waals surface area contributed by atoms with Gasteiger partial charge in [0, 0.05) is 28.2 Å². The standard InChI is InChI=1S/C18H15BrN4O3/c1-26-16-7-6-11(19)10-13(16)17-12-8-9-20-18(12)22(21-17)14-4-2-3-5-15(14)23(24)25/h2-7,10,20H,8-9H2,1H3. The highest BCUT2D eigenvalue weighted by Crippen LogP contribution is 2.40. The van der Waals surface area contributed by atoms with E-state index in [4.69, 9.17) is 9.84 Å². The first-order valence-electron chi connectivity index (χ1n) is 8.03. The molecule has 4 rings (SSSR count). The fraction of sp³-hybridized carbons (Fsp3) is 0.167. The highest BCUT2D eigenvalue weighted by Gasteiger charge is 2.28. The van der Waals surface area contributed by atoms with Crippen molar-refractivity contribution >= 4 is 27.4 Å². The Balaban J connectivity index is 1.96. The molecule has 0 spiro atoms. The van der Waals surface area contributed by atoms with E-state index in [1.54, 1.807) is 30.0 Å². The van der Waals surface area contributed by atoms with Gasteiger partial charge in [0.25, 0.3) is 5.69 Å². The van der Waals surface area contributed by atoms with Crippen molar-refractivity contribution in [3.63, 3.8) is 0 Å². The largest absolute Gasteiger partial charge is 0.496 e. The van der Waals surface area contributed by atoms with Crippen LogP contribution in [0.1, 0.15) is 5.56 Å². The van der Waals surface area contributed by atoms with Crippen molar-refractivity contribution in [1.82, 2.24) is 9.78 Å². The maximum Gasteiger partial charge on any atom is 0.294 e. The van der Waals surface area contributed by atoms with Gasteiger partial charge in [0.15, 0.2) is 0 Å². The molecule has 2 aromatic carbocycles. The van der Waals surface area contributed by atoms with Crippen LogP contribution in [0.15, 0.2) is 46.9 Å². The molecule has 0 saturated carbocycles. The number of rotatable bonds is 4. The van der Waals surface area contributed by atoms with Crippen molar-refractivity contribution in [2.45, 2.75) is 6.42 Å². The van der Waals surface area contributed by atoms with Crippen LogP contribution in [0.4, 0.5) is 11.5 Å². The lowest BCUT2D eigenvalue weighted by atomic mass is 10.1. The van der Waals surface area contributed by atoms with Crippen LogP contribution in [0, 0.1) is 10.1 Å². The number of fused-ring (bicyclic) bond motifs is 1. The zero-order chi connectivity index (χ0) is 18.3. The van der Waals surface area contributed by atoms with Gasteiger partial charge in [0.05, 0.1) is 12.0 Å². The van der Waals surface area contributed by atoms with Crippen LogP contribution in [0.5, 0.6) is 5.75 Å². The minimum Gasteiger partial charge on any atom is -0.496 e. The first kappa shape index (κ1) is 16.6. The molecular formula is C18H15BrN4O3. The van der Waals surface area contributed by atoms with Crippen molar-refractivity contribution in [2.75, 3.05) is 19.0 Å². The number of hydrogen-bond acceptors (Lipinski definition) is 5. The van der Waals surface area contributed by atoms with Gasteiger partial charge < -0.3 is 10.1 Å². The number of ether oxygens (including phenoxy) is 1. The van der Waals surface area contributed by atoms with E-state index in [0.29, 0.717) is 11.4 Å². The summed E-state index contributed by atoms with van der Waals surface area (Å²) in [5.74, 6) is 1.49. The summed E-state index contributed by atoms with van der Waals surface area (Å²) in [6.45, 7) is 0.761. The second-order valence-corrected chi connectivity index (χ2v) is 6.77. The first-order valence-corrected chi connectivity index (χ1v) is 8.83. The fourth-order valence-corrected chi connectivity index (χ4v) is 3.59. The highest BCUT2D eigenvalue weighted by atomic mass is 79.9. The number of nitrogens with zero attached hydrogens (tertiary/aromatic N) is 3. The van der Waals surface area contributed by atoms with Gasteiger partial charge in [0.2, 0.25) is 0 Å². The zero-order valence-corrected chi connectivity index (χ0v) is 15.5. The second-order valence-electron chi connectivity index (χ2n) is 5.85. The summed E-state index contributed by atoms with van der Waals surface area (Å²) in [6.07, 6.45) is 0.793. The predicted octanol–water partition coefficient (Wildman–Crippen LogP) is 4.19. The molecule has 0 fully saturated rings. The Labute approximate surface area is 157 Å². The number of aromatic nitrogens is 2. The van der Waals surface area contributed by atoms with E-state index < -0.39 is 4.92 Å². The lowest BCUT2D eigenvalue weighted by molar-refractivity contribution is -0.384. The second kappa shape index (κ2) is 6.45. The van der Waals surface area contributed by atoms with E-state index in [1.807, 2.05) is 18.2 Å². The number of benzene rings is 2. The van der Waals surface area contributed by atoms with Gasteiger partial charge in [-0.05, 0) is 30.7 Å². The van der Waals surface area contributed by atoms with Gasteiger partial charge in [-0.15, -0.1) is 0 Å². The van der Waals surface area contributed by atoms with E-state index in [9.17, 15) is 10.1 Å². The molecule has 26 heavy (non-hydrogen) atoms. The molecule has 0 atom stereocenters. The van der Waals surface area contributed by atoms with Crippen molar-refractivity contribution in [3.05, 3.63) is 62.6 Å². The van der Waals surface area contributed by atoms with Gasteiger partial charge in [-0.3, -0.25) is 10.1 Å². The molecule has 7 nitrogen and oxygen atoms in total. The molecule has 0 saturated heterocycles. The van der Waals surface area contributed by atoms with E-state index in [1.165, 1.54) is 6.07 Å². The molecule has 0 aliphatic carbocycles. The summed E-state index contributed by atoms with van der Waals surface area (Å²) in [7, 11) is 1.62. The van der Waals surface area contributed by atoms with Gasteiger partial charge >= 0.3 is 0 Å². The maximum atomic E-state index is 11.4. The molecule has 0 amide bonds. The van der Waals surface area contributed by atoms with E-state index in [2.05, 4.69) is 21.2 Å². The molecule has 0 unspecified atom stereocenters. The molecule has 0 radical (unpaired) electrons. The third kappa shape index (κ3) is 2.62. The number of halogens is 1. The first-order chi connectivity index (χ1) is 12.6. The van der Waals surface area contributed by atoms with Crippen LogP contribution in [0.2, 0.25) is 0 Å². The Morgan fingerprint density at radius 3 is 2.88 bits per heavy atom. The SMILES string of the molecule is COc1ccc(Br)cc1-c1nn(-c2ccccc2[N+](=O)[O-])c2c1CCN2. The molecule has 1 N–H and O–H groups in total. The Bertz CT molecular complexity index is 1020. The molecule has 1 aliphatic heterocycles. The minimum atomic E-state index is -0.391. The third-order valence-electron chi connectivity index (χ3n) is 4.37. The van der Waals surface area contributed by atoms with Crippen LogP contribution < -0.4 is 10.1 Å². The molecule has 1 aliphatic rings. The van der Waals surface area contributed by atoms with Gasteiger partial charge in [-0.25, -0.2) is 4.68 Å². The van der Waals surface area contributed by atoms with Crippen LogP contribution in [0.3, 0.4) is 0 Å². The Morgan fingerprint density at radius 1 is 1.31 bits per heavy atom. The quantitative estimate of drug-likeness (QED) is 0.511. The summed E-state index contributed by atoms with van der Waals surface area (Å²) < 4.78 is 8.02. The van der Waals surface area contributed by atoms with Crippen LogP contribution in [0.25, 0.3) is 16.9 Å². The van der Waals surface area contributed by atoms with Crippen LogP contribution >= 0.6 is 15.9 Å². The number of nitrogens with one attached hydrogen (secondary N) is 1. The predicted molar refractivity (Wildman–Crippen MR) is 102 cm³/mol. The summed E-state index contributed by atoms with van der Waals surface area (Å²) >= 11 is 3.49.